The van der Waals surface area contributed by atoms with Crippen LogP contribution in [0.1, 0.15) is 10.8 Å². The number of hydrogen-bond donors (Lipinski definition) is 0. The highest BCUT2D eigenvalue weighted by molar-refractivity contribution is 8.22. The molecule has 0 bridgehead atoms. The lowest BCUT2D eigenvalue weighted by Gasteiger charge is -2.01. The van der Waals surface area contributed by atoms with Gasteiger partial charge in [-0.1, -0.05) is 0 Å². The van der Waals surface area contributed by atoms with Crippen LogP contribution in [0.15, 0.2) is 12.1 Å². The molecule has 0 aliphatic carbocycles. The molecule has 0 amide bonds. The third kappa shape index (κ3) is 1.50. The van der Waals surface area contributed by atoms with Gasteiger partial charge in [0, 0.05) is 5.25 Å². The van der Waals surface area contributed by atoms with Crippen LogP contribution in [-0.4, -0.2) is 11.6 Å². The van der Waals surface area contributed by atoms with Gasteiger partial charge >= 0.3 is 0 Å². The summed E-state index contributed by atoms with van der Waals surface area (Å²) in [6, 6.07) is 2.13. The van der Waals surface area contributed by atoms with Gasteiger partial charge in [-0.15, -0.1) is 0 Å². The van der Waals surface area contributed by atoms with E-state index < -0.39 is 17.5 Å². The van der Waals surface area contributed by atoms with Crippen molar-refractivity contribution in [1.29, 1.82) is 0 Å². The zero-order chi connectivity index (χ0) is 9.59. The van der Waals surface area contributed by atoms with Crippen LogP contribution >= 0.6 is 10.5 Å². The maximum Gasteiger partial charge on any atom is 0.194 e. The summed E-state index contributed by atoms with van der Waals surface area (Å²) >= 11 is 0. The lowest BCUT2D eigenvalue weighted by atomic mass is 10.1. The topological polar surface area (TPSA) is 0 Å². The van der Waals surface area contributed by atoms with Gasteiger partial charge in [0.2, 0.25) is 0 Å². The van der Waals surface area contributed by atoms with E-state index in [1.165, 1.54) is 0 Å². The van der Waals surface area contributed by atoms with E-state index in [1.807, 2.05) is 11.6 Å². The Morgan fingerprint density at radius 3 is 2.00 bits per heavy atom. The average molecular weight is 204 g/mol. The van der Waals surface area contributed by atoms with E-state index in [-0.39, 0.29) is 15.7 Å². The lowest BCUT2D eigenvalue weighted by molar-refractivity contribution is 0.446. The molecule has 4 heteroatoms. The molecule has 2 atom stereocenters. The molecule has 1 aliphatic heterocycles. The van der Waals surface area contributed by atoms with Gasteiger partial charge in [-0.25, -0.2) is 13.2 Å². The summed E-state index contributed by atoms with van der Waals surface area (Å²) in [4.78, 5) is 0. The zero-order valence-electron chi connectivity index (χ0n) is 6.85. The molecule has 1 aromatic carbocycles. The Labute approximate surface area is 76.3 Å². The molecule has 1 aliphatic rings. The molecule has 0 fully saturated rings. The van der Waals surface area contributed by atoms with Gasteiger partial charge in [0.25, 0.3) is 0 Å². The molecule has 0 spiro atoms. The smallest absolute Gasteiger partial charge is 0.194 e. The van der Waals surface area contributed by atoms with E-state index >= 15 is 0 Å². The number of rotatable bonds is 1. The fourth-order valence-corrected chi connectivity index (χ4v) is 2.58. The van der Waals surface area contributed by atoms with E-state index in [2.05, 4.69) is 0 Å². The molecule has 13 heavy (non-hydrogen) atoms. The van der Waals surface area contributed by atoms with E-state index in [0.717, 1.165) is 12.1 Å². The highest BCUT2D eigenvalue weighted by atomic mass is 32.2. The lowest BCUT2D eigenvalue weighted by Crippen LogP contribution is -1.94. The quantitative estimate of drug-likeness (QED) is 0.487. The Kier molecular flexibility index (Phi) is 1.95. The standard InChI is InChI=1S/C9H7F3S/c1-13-4-8(13)5-2-6(10)9(12)7(11)3-5/h2-4,8H,1H3. The van der Waals surface area contributed by atoms with Gasteiger partial charge in [-0.3, -0.25) is 0 Å². The minimum absolute atomic E-state index is 0.0962. The normalized spacial score (nSPS) is 25.5. The molecule has 2 unspecified atom stereocenters. The SMILES string of the molecule is CS1=CC1c1cc(F)c(F)c(F)c1. The van der Waals surface area contributed by atoms with Crippen molar-refractivity contribution < 1.29 is 13.2 Å². The molecule has 0 aromatic heterocycles. The maximum atomic E-state index is 12.7. The van der Waals surface area contributed by atoms with Crippen molar-refractivity contribution in [2.24, 2.45) is 0 Å². The van der Waals surface area contributed by atoms with Crippen LogP contribution in [0.4, 0.5) is 13.2 Å². The molecule has 0 N–H and O–H groups in total. The summed E-state index contributed by atoms with van der Waals surface area (Å²) in [5, 5.41) is 2.09. The second-order valence-electron chi connectivity index (χ2n) is 2.96. The first-order valence-corrected chi connectivity index (χ1v) is 5.48. The van der Waals surface area contributed by atoms with Crippen LogP contribution in [-0.2, 0) is 0 Å². The van der Waals surface area contributed by atoms with E-state index in [9.17, 15) is 13.2 Å². The third-order valence-corrected chi connectivity index (χ3v) is 3.59. The van der Waals surface area contributed by atoms with Gasteiger partial charge < -0.3 is 0 Å². The first kappa shape index (κ1) is 8.81. The Balaban J connectivity index is 2.39. The minimum Gasteiger partial charge on any atom is -0.204 e. The monoisotopic (exact) mass is 204 g/mol. The van der Waals surface area contributed by atoms with E-state index in [4.69, 9.17) is 0 Å². The Morgan fingerprint density at radius 2 is 1.62 bits per heavy atom. The Hall–Kier alpha value is -0.770. The summed E-state index contributed by atoms with van der Waals surface area (Å²) < 4.78 is 38.0. The third-order valence-electron chi connectivity index (χ3n) is 2.00. The van der Waals surface area contributed by atoms with Crippen molar-refractivity contribution in [2.45, 2.75) is 5.25 Å². The van der Waals surface area contributed by atoms with E-state index in [0.29, 0.717) is 5.56 Å². The maximum absolute atomic E-state index is 12.7. The molecule has 1 aromatic rings. The van der Waals surface area contributed by atoms with Crippen LogP contribution in [0.2, 0.25) is 0 Å². The van der Waals surface area contributed by atoms with Crippen molar-refractivity contribution in [3.05, 3.63) is 35.1 Å². The first-order valence-electron chi connectivity index (χ1n) is 3.72. The molecule has 70 valence electrons. The van der Waals surface area contributed by atoms with E-state index in [1.54, 1.807) is 0 Å². The molecular formula is C9H7F3S. The first-order chi connectivity index (χ1) is 6.09. The fraction of sp³-hybridized carbons (Fsp3) is 0.222. The van der Waals surface area contributed by atoms with Crippen molar-refractivity contribution in [3.8, 4) is 0 Å². The van der Waals surface area contributed by atoms with Crippen LogP contribution in [0.5, 0.6) is 0 Å². The molecule has 1 heterocycles. The van der Waals surface area contributed by atoms with Crippen molar-refractivity contribution in [3.63, 3.8) is 0 Å². The second kappa shape index (κ2) is 2.87. The average Bonchev–Trinajstić information content (AvgIpc) is 2.77. The summed E-state index contributed by atoms with van der Waals surface area (Å²) in [6.07, 6.45) is 1.98. The molecular weight excluding hydrogens is 197 g/mol. The predicted octanol–water partition coefficient (Wildman–Crippen LogP) is 2.86. The molecule has 2 rings (SSSR count). The predicted molar refractivity (Wildman–Crippen MR) is 48.6 cm³/mol. The van der Waals surface area contributed by atoms with Gasteiger partial charge in [-0.05, 0) is 29.3 Å². The number of halogens is 3. The van der Waals surface area contributed by atoms with Crippen molar-refractivity contribution in [1.82, 2.24) is 0 Å². The Morgan fingerprint density at radius 1 is 1.15 bits per heavy atom. The van der Waals surface area contributed by atoms with Crippen molar-refractivity contribution in [2.75, 3.05) is 6.26 Å². The van der Waals surface area contributed by atoms with Gasteiger partial charge in [-0.2, -0.15) is 10.5 Å². The highest BCUT2D eigenvalue weighted by Gasteiger charge is 2.23. The van der Waals surface area contributed by atoms with Crippen LogP contribution < -0.4 is 0 Å². The van der Waals surface area contributed by atoms with Crippen LogP contribution in [0, 0.1) is 17.5 Å². The van der Waals surface area contributed by atoms with Gasteiger partial charge in [0.1, 0.15) is 0 Å². The largest absolute Gasteiger partial charge is 0.204 e. The number of benzene rings is 1. The Bertz CT molecular complexity index is 375. The molecule has 0 saturated carbocycles. The summed E-state index contributed by atoms with van der Waals surface area (Å²) in [5.74, 6) is -3.60. The molecule has 0 saturated heterocycles. The molecule has 0 nitrogen and oxygen atoms in total. The fourth-order valence-electron chi connectivity index (χ4n) is 1.20. The zero-order valence-corrected chi connectivity index (χ0v) is 7.67. The summed E-state index contributed by atoms with van der Waals surface area (Å²) in [7, 11) is 0.0962. The summed E-state index contributed by atoms with van der Waals surface area (Å²) in [5.41, 5.74) is 0.530. The minimum atomic E-state index is -1.39. The second-order valence-corrected chi connectivity index (χ2v) is 4.96. The summed E-state index contributed by atoms with van der Waals surface area (Å²) in [6.45, 7) is 0. The van der Waals surface area contributed by atoms with Crippen molar-refractivity contribution >= 4 is 15.9 Å². The van der Waals surface area contributed by atoms with Gasteiger partial charge in [0.05, 0.1) is 0 Å². The van der Waals surface area contributed by atoms with Gasteiger partial charge in [0.15, 0.2) is 17.5 Å². The van der Waals surface area contributed by atoms with Crippen LogP contribution in [0.3, 0.4) is 0 Å². The van der Waals surface area contributed by atoms with Crippen LogP contribution in [0.25, 0.3) is 0 Å². The molecule has 0 radical (unpaired) electrons. The highest BCUT2D eigenvalue weighted by Crippen LogP contribution is 2.44. The number of hydrogen-bond acceptors (Lipinski definition) is 0.